The van der Waals surface area contributed by atoms with Gasteiger partial charge in [0.25, 0.3) is 11.6 Å². The predicted molar refractivity (Wildman–Crippen MR) is 73.8 cm³/mol. The SMILES string of the molecule is O=C(NCC1CCC(O)C1)c1cc(Cl)ccc1[N+](=O)[O-]. The van der Waals surface area contributed by atoms with Crippen molar-refractivity contribution in [1.82, 2.24) is 5.32 Å². The Bertz CT molecular complexity index is 535. The zero-order chi connectivity index (χ0) is 14.7. The van der Waals surface area contributed by atoms with E-state index in [0.717, 1.165) is 12.8 Å². The van der Waals surface area contributed by atoms with E-state index in [-0.39, 0.29) is 28.3 Å². The lowest BCUT2D eigenvalue weighted by Crippen LogP contribution is -2.29. The van der Waals surface area contributed by atoms with Crippen LogP contribution in [0.25, 0.3) is 0 Å². The highest BCUT2D eigenvalue weighted by atomic mass is 35.5. The second-order valence-electron chi connectivity index (χ2n) is 4.96. The normalized spacial score (nSPS) is 21.7. The number of aliphatic hydroxyl groups excluding tert-OH is 1. The van der Waals surface area contributed by atoms with Crippen LogP contribution in [0, 0.1) is 16.0 Å². The fraction of sp³-hybridized carbons (Fsp3) is 0.462. The van der Waals surface area contributed by atoms with Gasteiger partial charge in [-0.1, -0.05) is 11.6 Å². The van der Waals surface area contributed by atoms with Crippen molar-refractivity contribution < 1.29 is 14.8 Å². The summed E-state index contributed by atoms with van der Waals surface area (Å²) in [6.07, 6.45) is 1.92. The van der Waals surface area contributed by atoms with Gasteiger partial charge in [0.05, 0.1) is 11.0 Å². The number of rotatable bonds is 4. The monoisotopic (exact) mass is 298 g/mol. The van der Waals surface area contributed by atoms with E-state index in [9.17, 15) is 20.0 Å². The van der Waals surface area contributed by atoms with Gasteiger partial charge in [0, 0.05) is 17.6 Å². The molecule has 0 spiro atoms. The van der Waals surface area contributed by atoms with Gasteiger partial charge < -0.3 is 10.4 Å². The van der Waals surface area contributed by atoms with Crippen LogP contribution >= 0.6 is 11.6 Å². The maximum Gasteiger partial charge on any atom is 0.282 e. The van der Waals surface area contributed by atoms with Crippen molar-refractivity contribution in [3.05, 3.63) is 38.9 Å². The molecule has 1 fully saturated rings. The van der Waals surface area contributed by atoms with Gasteiger partial charge in [-0.15, -0.1) is 0 Å². The standard InChI is InChI=1S/C13H15ClN2O4/c14-9-2-4-12(16(19)20)11(6-9)13(18)15-7-8-1-3-10(17)5-8/h2,4,6,8,10,17H,1,3,5,7H2,(H,15,18). The zero-order valence-electron chi connectivity index (χ0n) is 10.7. The van der Waals surface area contributed by atoms with E-state index in [1.807, 2.05) is 0 Å². The van der Waals surface area contributed by atoms with Crippen molar-refractivity contribution in [3.63, 3.8) is 0 Å². The van der Waals surface area contributed by atoms with Crippen molar-refractivity contribution in [1.29, 1.82) is 0 Å². The number of benzene rings is 1. The van der Waals surface area contributed by atoms with E-state index < -0.39 is 10.8 Å². The Balaban J connectivity index is 2.05. The smallest absolute Gasteiger partial charge is 0.282 e. The molecule has 1 aliphatic carbocycles. The van der Waals surface area contributed by atoms with Gasteiger partial charge in [-0.25, -0.2) is 0 Å². The molecule has 1 aromatic rings. The van der Waals surface area contributed by atoms with Gasteiger partial charge >= 0.3 is 0 Å². The van der Waals surface area contributed by atoms with E-state index in [1.165, 1.54) is 18.2 Å². The first-order valence-electron chi connectivity index (χ1n) is 6.37. The summed E-state index contributed by atoms with van der Waals surface area (Å²) in [6.45, 7) is 0.402. The van der Waals surface area contributed by atoms with E-state index in [0.29, 0.717) is 13.0 Å². The zero-order valence-corrected chi connectivity index (χ0v) is 11.5. The van der Waals surface area contributed by atoms with E-state index >= 15 is 0 Å². The highest BCUT2D eigenvalue weighted by Gasteiger charge is 2.25. The van der Waals surface area contributed by atoms with Crippen molar-refractivity contribution >= 4 is 23.2 Å². The molecule has 0 bridgehead atoms. The number of hydrogen-bond acceptors (Lipinski definition) is 4. The molecule has 1 aliphatic rings. The molecule has 2 rings (SSSR count). The molecule has 0 aromatic heterocycles. The molecule has 0 aliphatic heterocycles. The van der Waals surface area contributed by atoms with E-state index in [2.05, 4.69) is 5.32 Å². The quantitative estimate of drug-likeness (QED) is 0.658. The van der Waals surface area contributed by atoms with Gasteiger partial charge in [0.1, 0.15) is 5.56 Å². The molecule has 2 unspecified atom stereocenters. The summed E-state index contributed by atoms with van der Waals surface area (Å²) in [5, 5.41) is 23.3. The molecule has 1 aromatic carbocycles. The van der Waals surface area contributed by atoms with Crippen LogP contribution in [-0.2, 0) is 0 Å². The molecule has 2 atom stereocenters. The Morgan fingerprint density at radius 2 is 2.25 bits per heavy atom. The third-order valence-corrected chi connectivity index (χ3v) is 3.70. The topological polar surface area (TPSA) is 92.5 Å². The number of halogens is 1. The molecule has 2 N–H and O–H groups in total. The molecular formula is C13H15ClN2O4. The Kier molecular flexibility index (Phi) is 4.57. The minimum Gasteiger partial charge on any atom is -0.393 e. The molecule has 1 amide bonds. The van der Waals surface area contributed by atoms with Crippen molar-refractivity contribution in [2.75, 3.05) is 6.54 Å². The summed E-state index contributed by atoms with van der Waals surface area (Å²) in [7, 11) is 0. The number of nitrogens with one attached hydrogen (secondary N) is 1. The highest BCUT2D eigenvalue weighted by Crippen LogP contribution is 2.25. The molecule has 108 valence electrons. The van der Waals surface area contributed by atoms with Crippen LogP contribution in [0.4, 0.5) is 5.69 Å². The molecule has 0 radical (unpaired) electrons. The van der Waals surface area contributed by atoms with Crippen LogP contribution in [0.3, 0.4) is 0 Å². The molecule has 20 heavy (non-hydrogen) atoms. The Hall–Kier alpha value is -1.66. The second-order valence-corrected chi connectivity index (χ2v) is 5.40. The predicted octanol–water partition coefficient (Wildman–Crippen LogP) is 2.14. The summed E-state index contributed by atoms with van der Waals surface area (Å²) >= 11 is 5.78. The third-order valence-electron chi connectivity index (χ3n) is 3.46. The molecule has 6 nitrogen and oxygen atoms in total. The Labute approximate surface area is 120 Å². The highest BCUT2D eigenvalue weighted by molar-refractivity contribution is 6.31. The Morgan fingerprint density at radius 1 is 1.50 bits per heavy atom. The van der Waals surface area contributed by atoms with E-state index in [4.69, 9.17) is 11.6 Å². The average Bonchev–Trinajstić information content (AvgIpc) is 2.81. The summed E-state index contributed by atoms with van der Waals surface area (Å²) in [5.41, 5.74) is -0.306. The van der Waals surface area contributed by atoms with Gasteiger partial charge in [-0.05, 0) is 37.3 Å². The number of nitro groups is 1. The minimum atomic E-state index is -0.607. The Morgan fingerprint density at radius 3 is 2.85 bits per heavy atom. The largest absolute Gasteiger partial charge is 0.393 e. The first kappa shape index (κ1) is 14.7. The first-order valence-corrected chi connectivity index (χ1v) is 6.75. The lowest BCUT2D eigenvalue weighted by molar-refractivity contribution is -0.385. The number of nitrogens with zero attached hydrogens (tertiary/aromatic N) is 1. The first-order chi connectivity index (χ1) is 9.47. The number of hydrogen-bond donors (Lipinski definition) is 2. The minimum absolute atomic E-state index is 0.0407. The van der Waals surface area contributed by atoms with Crippen molar-refractivity contribution in [2.24, 2.45) is 5.92 Å². The van der Waals surface area contributed by atoms with E-state index in [1.54, 1.807) is 0 Å². The fourth-order valence-electron chi connectivity index (χ4n) is 2.42. The summed E-state index contributed by atoms with van der Waals surface area (Å²) in [4.78, 5) is 22.3. The molecule has 7 heteroatoms. The van der Waals surface area contributed by atoms with Gasteiger partial charge in [-0.3, -0.25) is 14.9 Å². The lowest BCUT2D eigenvalue weighted by atomic mass is 10.1. The lowest BCUT2D eigenvalue weighted by Gasteiger charge is -2.11. The van der Waals surface area contributed by atoms with Crippen LogP contribution in [0.1, 0.15) is 29.6 Å². The van der Waals surface area contributed by atoms with Crippen LogP contribution in [0.5, 0.6) is 0 Å². The summed E-state index contributed by atoms with van der Waals surface area (Å²) in [5.74, 6) is -0.298. The number of carbonyl (C=O) groups is 1. The summed E-state index contributed by atoms with van der Waals surface area (Å²) in [6, 6.07) is 3.89. The molecule has 0 saturated heterocycles. The maximum absolute atomic E-state index is 12.0. The molecule has 0 heterocycles. The second kappa shape index (κ2) is 6.19. The number of nitro benzene ring substituents is 1. The van der Waals surface area contributed by atoms with Crippen LogP contribution in [0.15, 0.2) is 18.2 Å². The van der Waals surface area contributed by atoms with Gasteiger partial charge in [-0.2, -0.15) is 0 Å². The van der Waals surface area contributed by atoms with Crippen LogP contribution < -0.4 is 5.32 Å². The van der Waals surface area contributed by atoms with Gasteiger partial charge in [0.15, 0.2) is 0 Å². The summed E-state index contributed by atoms with van der Waals surface area (Å²) < 4.78 is 0. The maximum atomic E-state index is 12.0. The van der Waals surface area contributed by atoms with Crippen molar-refractivity contribution in [3.8, 4) is 0 Å². The third kappa shape index (κ3) is 3.46. The van der Waals surface area contributed by atoms with Crippen LogP contribution in [0.2, 0.25) is 5.02 Å². The number of carbonyl (C=O) groups excluding carboxylic acids is 1. The van der Waals surface area contributed by atoms with Gasteiger partial charge in [0.2, 0.25) is 0 Å². The average molecular weight is 299 g/mol. The fourth-order valence-corrected chi connectivity index (χ4v) is 2.59. The van der Waals surface area contributed by atoms with Crippen molar-refractivity contribution in [2.45, 2.75) is 25.4 Å². The molecular weight excluding hydrogens is 284 g/mol. The number of aliphatic hydroxyl groups is 1. The molecule has 1 saturated carbocycles. The number of amides is 1. The van der Waals surface area contributed by atoms with Crippen LogP contribution in [-0.4, -0.2) is 28.6 Å².